The second kappa shape index (κ2) is 19.0. The monoisotopic (exact) mass is 544 g/mol. The Morgan fingerprint density at radius 3 is 1.16 bits per heavy atom. The zero-order chi connectivity index (χ0) is 29.2. The Morgan fingerprint density at radius 2 is 0.921 bits per heavy atom. The summed E-state index contributed by atoms with van der Waals surface area (Å²) in [5.74, 6) is -2.46. The van der Waals surface area contributed by atoms with Gasteiger partial charge < -0.3 is 24.9 Å². The summed E-state index contributed by atoms with van der Waals surface area (Å²) in [6.45, 7) is 5.22. The third-order valence-corrected chi connectivity index (χ3v) is 8.38. The van der Waals surface area contributed by atoms with Gasteiger partial charge in [0.1, 0.15) is 5.41 Å². The molecular formula is C31H62NO6+. The minimum absolute atomic E-state index is 0.104. The van der Waals surface area contributed by atoms with Crippen LogP contribution in [0.4, 0.5) is 0 Å². The average Bonchev–Trinajstić information content (AvgIpc) is 2.78. The molecule has 0 aliphatic heterocycles. The highest BCUT2D eigenvalue weighted by atomic mass is 16.4. The van der Waals surface area contributed by atoms with Gasteiger partial charge in [-0.15, -0.1) is 0 Å². The molecule has 0 amide bonds. The van der Waals surface area contributed by atoms with Crippen molar-refractivity contribution in [2.24, 2.45) is 5.41 Å². The van der Waals surface area contributed by atoms with Crippen molar-refractivity contribution in [1.29, 1.82) is 0 Å². The number of aliphatic carboxylic acids is 2. The average molecular weight is 545 g/mol. The van der Waals surface area contributed by atoms with Crippen LogP contribution in [-0.4, -0.2) is 75.7 Å². The predicted molar refractivity (Wildman–Crippen MR) is 155 cm³/mol. The van der Waals surface area contributed by atoms with Crippen LogP contribution in [-0.2, 0) is 9.59 Å². The number of hydrogen-bond acceptors (Lipinski definition) is 4. The van der Waals surface area contributed by atoms with E-state index in [4.69, 9.17) is 0 Å². The van der Waals surface area contributed by atoms with Crippen molar-refractivity contribution >= 4 is 11.9 Å². The van der Waals surface area contributed by atoms with E-state index in [9.17, 15) is 30.0 Å². The van der Waals surface area contributed by atoms with E-state index in [2.05, 4.69) is 6.92 Å². The summed E-state index contributed by atoms with van der Waals surface area (Å²) in [7, 11) is 5.13. The van der Waals surface area contributed by atoms with E-state index in [1.807, 2.05) is 0 Å². The van der Waals surface area contributed by atoms with Crippen LogP contribution >= 0.6 is 0 Å². The van der Waals surface area contributed by atoms with Gasteiger partial charge in [-0.2, -0.15) is 0 Å². The van der Waals surface area contributed by atoms with E-state index in [0.29, 0.717) is 6.42 Å². The molecule has 0 aliphatic carbocycles. The molecule has 0 spiro atoms. The molecule has 3 unspecified atom stereocenters. The zero-order valence-electron chi connectivity index (χ0n) is 25.6. The Balaban J connectivity index is 4.82. The maximum absolute atomic E-state index is 12.9. The fraction of sp³-hybridized carbons (Fsp3) is 0.935. The summed E-state index contributed by atoms with van der Waals surface area (Å²) in [6.07, 6.45) is 17.1. The second-order valence-corrected chi connectivity index (χ2v) is 12.7. The number of quaternary nitrogens is 1. The lowest BCUT2D eigenvalue weighted by molar-refractivity contribution is -0.922. The lowest BCUT2D eigenvalue weighted by atomic mass is 9.59. The lowest BCUT2D eigenvalue weighted by Crippen LogP contribution is -2.73. The summed E-state index contributed by atoms with van der Waals surface area (Å²) in [5.41, 5.74) is -3.50. The number of hydrogen-bond donors (Lipinski definition) is 4. The molecule has 0 bridgehead atoms. The van der Waals surface area contributed by atoms with Crippen molar-refractivity contribution in [2.45, 2.75) is 161 Å². The highest BCUT2D eigenvalue weighted by Gasteiger charge is 2.69. The number of unbranched alkanes of at least 4 members (excludes halogenated alkanes) is 15. The van der Waals surface area contributed by atoms with Crippen LogP contribution in [0.2, 0.25) is 0 Å². The van der Waals surface area contributed by atoms with Crippen molar-refractivity contribution in [2.75, 3.05) is 21.1 Å². The summed E-state index contributed by atoms with van der Waals surface area (Å²) in [4.78, 5) is 25.7. The van der Waals surface area contributed by atoms with Gasteiger partial charge in [0.15, 0.2) is 0 Å². The van der Waals surface area contributed by atoms with Crippen LogP contribution in [0.3, 0.4) is 0 Å². The van der Waals surface area contributed by atoms with Crippen LogP contribution in [0.25, 0.3) is 0 Å². The van der Waals surface area contributed by atoms with Gasteiger partial charge in [0, 0.05) is 6.42 Å². The number of carboxylic acid groups (broad SMARTS) is 2. The number of nitrogens with zero attached hydrogens (tertiary/aromatic N) is 1. The molecule has 0 heterocycles. The van der Waals surface area contributed by atoms with E-state index in [0.717, 1.165) is 19.3 Å². The molecule has 0 aromatic carbocycles. The molecule has 0 saturated carbocycles. The van der Waals surface area contributed by atoms with Gasteiger partial charge in [0.05, 0.1) is 33.4 Å². The number of carboxylic acids is 2. The number of aliphatic hydroxyl groups is 2. The highest BCUT2D eigenvalue weighted by molar-refractivity contribution is 5.89. The van der Waals surface area contributed by atoms with E-state index >= 15 is 0 Å². The fourth-order valence-corrected chi connectivity index (χ4v) is 6.53. The molecule has 0 aromatic heterocycles. The van der Waals surface area contributed by atoms with Gasteiger partial charge in [-0.25, -0.2) is 4.79 Å². The Kier molecular flexibility index (Phi) is 18.4. The molecule has 0 radical (unpaired) electrons. The Hall–Kier alpha value is -1.18. The van der Waals surface area contributed by atoms with Crippen LogP contribution in [0.5, 0.6) is 0 Å². The van der Waals surface area contributed by atoms with E-state index in [-0.39, 0.29) is 23.7 Å². The molecule has 0 fully saturated rings. The molecule has 38 heavy (non-hydrogen) atoms. The molecule has 3 atom stereocenters. The Labute approximate surface area is 233 Å². The molecule has 7 nitrogen and oxygen atoms in total. The van der Waals surface area contributed by atoms with Gasteiger partial charge in [-0.05, 0) is 33.1 Å². The van der Waals surface area contributed by atoms with Crippen molar-refractivity contribution < 1.29 is 34.5 Å². The van der Waals surface area contributed by atoms with Gasteiger partial charge in [0.2, 0.25) is 5.54 Å². The first-order valence-corrected chi connectivity index (χ1v) is 15.4. The van der Waals surface area contributed by atoms with Gasteiger partial charge in [-0.1, -0.05) is 103 Å². The van der Waals surface area contributed by atoms with Crippen LogP contribution in [0.1, 0.15) is 143 Å². The third kappa shape index (κ3) is 11.9. The molecular weight excluding hydrogens is 482 g/mol. The minimum Gasteiger partial charge on any atom is -0.481 e. The van der Waals surface area contributed by atoms with Gasteiger partial charge >= 0.3 is 11.9 Å². The number of likely N-dealkylation sites (N-methyl/N-ethyl adjacent to an activating group) is 1. The molecule has 0 saturated heterocycles. The topological polar surface area (TPSA) is 115 Å². The first-order valence-electron chi connectivity index (χ1n) is 15.4. The van der Waals surface area contributed by atoms with Crippen molar-refractivity contribution in [1.82, 2.24) is 0 Å². The number of carbonyl (C=O) groups is 2. The maximum Gasteiger partial charge on any atom is 0.366 e. The zero-order valence-corrected chi connectivity index (χ0v) is 25.6. The highest BCUT2D eigenvalue weighted by Crippen LogP contribution is 2.49. The second-order valence-electron chi connectivity index (χ2n) is 12.7. The molecule has 0 rings (SSSR count). The number of aliphatic hydroxyl groups excluding tert-OH is 2. The predicted octanol–water partition coefficient (Wildman–Crippen LogP) is 6.78. The fourth-order valence-electron chi connectivity index (χ4n) is 6.53. The Bertz CT molecular complexity index is 633. The normalized spacial score (nSPS) is 16.9. The quantitative estimate of drug-likeness (QED) is 0.0744. The van der Waals surface area contributed by atoms with Crippen LogP contribution in [0, 0.1) is 5.41 Å². The first kappa shape index (κ1) is 36.8. The lowest BCUT2D eigenvalue weighted by Gasteiger charge is -2.53. The van der Waals surface area contributed by atoms with Gasteiger partial charge in [-0.3, -0.25) is 4.79 Å². The smallest absolute Gasteiger partial charge is 0.366 e. The van der Waals surface area contributed by atoms with Crippen LogP contribution < -0.4 is 0 Å². The van der Waals surface area contributed by atoms with Gasteiger partial charge in [0.25, 0.3) is 0 Å². The van der Waals surface area contributed by atoms with Crippen molar-refractivity contribution in [3.8, 4) is 0 Å². The third-order valence-electron chi connectivity index (χ3n) is 8.38. The minimum atomic E-state index is -1.81. The summed E-state index contributed by atoms with van der Waals surface area (Å²) >= 11 is 0. The van der Waals surface area contributed by atoms with E-state index in [1.165, 1.54) is 90.9 Å². The van der Waals surface area contributed by atoms with Crippen molar-refractivity contribution in [3.05, 3.63) is 0 Å². The molecule has 0 aromatic rings. The molecule has 226 valence electrons. The molecule has 0 aliphatic rings. The summed E-state index contributed by atoms with van der Waals surface area (Å²) in [6, 6.07) is 0. The Morgan fingerprint density at radius 1 is 0.605 bits per heavy atom. The molecule has 7 heteroatoms. The summed E-state index contributed by atoms with van der Waals surface area (Å²) < 4.78 is -0.104. The summed E-state index contributed by atoms with van der Waals surface area (Å²) in [5, 5.41) is 41.4. The van der Waals surface area contributed by atoms with E-state index in [1.54, 1.807) is 21.1 Å². The maximum atomic E-state index is 12.9. The number of rotatable bonds is 25. The molecule has 4 N–H and O–H groups in total. The van der Waals surface area contributed by atoms with Crippen LogP contribution in [0.15, 0.2) is 0 Å². The standard InChI is InChI=1S/C31H61NO6/c1-7-8-9-10-11-12-13-14-15-16-17-18-19-20-21-22-23-31(29(37)38,32(4,5)6)30(28(35)36,24-26(2)33)25-27(3)34/h26-27,33-34H,7-25H2,1-6H3,(H-,35,36,37,38)/p+1. The SMILES string of the molecule is CCCCCCCCCCCCCCCCCCC(C(=O)O)(C(CC(C)O)(CC(C)O)C(=O)O)[N+](C)(C)C. The first-order chi connectivity index (χ1) is 17.8. The largest absolute Gasteiger partial charge is 0.481 e. The van der Waals surface area contributed by atoms with E-state index < -0.39 is 35.1 Å². The van der Waals surface area contributed by atoms with Crippen molar-refractivity contribution in [3.63, 3.8) is 0 Å².